The van der Waals surface area contributed by atoms with Gasteiger partial charge in [0.25, 0.3) is 0 Å². The Kier molecular flexibility index (Phi) is 8.76. The van der Waals surface area contributed by atoms with Crippen LogP contribution in [0, 0.1) is 0 Å². The van der Waals surface area contributed by atoms with Crippen LogP contribution in [0.4, 0.5) is 0 Å². The van der Waals surface area contributed by atoms with Gasteiger partial charge in [0, 0.05) is 45.6 Å². The maximum atomic E-state index is 15.6. The summed E-state index contributed by atoms with van der Waals surface area (Å²) >= 11 is 0. The average molecular weight is 803 g/mol. The number of hydrogen-bond donors (Lipinski definition) is 0. The van der Waals surface area contributed by atoms with E-state index in [1.807, 2.05) is 164 Å². The zero-order valence-corrected chi connectivity index (χ0v) is 33.5. The minimum Gasteiger partial charge on any atom is -0.264 e. The molecule has 6 nitrogen and oxygen atoms in total. The molecular formula is C54H34N4O2S. The molecule has 11 rings (SSSR count). The van der Waals surface area contributed by atoms with E-state index < -0.39 is 9.84 Å². The largest absolute Gasteiger partial charge is 0.264 e. The van der Waals surface area contributed by atoms with Crippen LogP contribution in [-0.4, -0.2) is 28.4 Å². The van der Waals surface area contributed by atoms with Crippen LogP contribution in [-0.2, 0) is 9.84 Å². The van der Waals surface area contributed by atoms with Gasteiger partial charge in [-0.25, -0.2) is 23.4 Å². The molecule has 7 heteroatoms. The normalized spacial score (nSPS) is 12.5. The molecule has 8 aromatic carbocycles. The molecule has 0 fully saturated rings. The lowest BCUT2D eigenvalue weighted by atomic mass is 9.86. The summed E-state index contributed by atoms with van der Waals surface area (Å²) in [6, 6.07) is 63.5. The summed E-state index contributed by atoms with van der Waals surface area (Å²) in [5, 5.41) is 1.48. The smallest absolute Gasteiger partial charge is 0.208 e. The minimum atomic E-state index is -4.15. The Bertz CT molecular complexity index is 3430. The molecule has 1 aliphatic heterocycles. The molecule has 3 heterocycles. The first-order valence-corrected chi connectivity index (χ1v) is 21.5. The molecular weight excluding hydrogens is 769 g/mol. The highest BCUT2D eigenvalue weighted by atomic mass is 32.2. The van der Waals surface area contributed by atoms with Crippen molar-refractivity contribution >= 4 is 20.6 Å². The molecule has 0 bridgehead atoms. The van der Waals surface area contributed by atoms with Crippen LogP contribution >= 0.6 is 0 Å². The lowest BCUT2D eigenvalue weighted by Gasteiger charge is -2.19. The maximum absolute atomic E-state index is 15.6. The number of fused-ring (bicyclic) bond motifs is 11. The van der Waals surface area contributed by atoms with Gasteiger partial charge in [-0.1, -0.05) is 176 Å². The van der Waals surface area contributed by atoms with E-state index in [-0.39, 0.29) is 9.79 Å². The van der Waals surface area contributed by atoms with E-state index in [0.717, 1.165) is 66.6 Å². The van der Waals surface area contributed by atoms with Gasteiger partial charge in [-0.3, -0.25) is 4.98 Å². The number of rotatable bonds is 4. The maximum Gasteiger partial charge on any atom is 0.208 e. The average Bonchev–Trinajstić information content (AvgIpc) is 3.34. The summed E-state index contributed by atoms with van der Waals surface area (Å²) in [7, 11) is -4.15. The number of pyridine rings is 1. The van der Waals surface area contributed by atoms with Gasteiger partial charge in [0.05, 0.1) is 9.79 Å². The van der Waals surface area contributed by atoms with Crippen molar-refractivity contribution in [2.75, 3.05) is 0 Å². The van der Waals surface area contributed by atoms with Crippen molar-refractivity contribution in [2.45, 2.75) is 9.79 Å². The Morgan fingerprint density at radius 1 is 0.344 bits per heavy atom. The lowest BCUT2D eigenvalue weighted by molar-refractivity contribution is 0.597. The van der Waals surface area contributed by atoms with E-state index in [2.05, 4.69) is 29.2 Å². The Hall–Kier alpha value is -7.87. The molecule has 288 valence electrons. The third-order valence-corrected chi connectivity index (χ3v) is 13.3. The van der Waals surface area contributed by atoms with Gasteiger partial charge in [-0.15, -0.1) is 0 Å². The number of aromatic nitrogens is 4. The van der Waals surface area contributed by atoms with E-state index in [0.29, 0.717) is 34.0 Å². The van der Waals surface area contributed by atoms with E-state index in [1.54, 1.807) is 18.3 Å². The highest BCUT2D eigenvalue weighted by Crippen LogP contribution is 2.48. The molecule has 0 unspecified atom stereocenters. The van der Waals surface area contributed by atoms with Crippen molar-refractivity contribution in [1.82, 2.24) is 19.9 Å². The fourth-order valence-electron chi connectivity index (χ4n) is 8.52. The third kappa shape index (κ3) is 6.31. The van der Waals surface area contributed by atoms with Gasteiger partial charge in [0.2, 0.25) is 9.84 Å². The molecule has 0 atom stereocenters. The van der Waals surface area contributed by atoms with Crippen LogP contribution in [0.15, 0.2) is 216 Å². The Balaban J connectivity index is 1.20. The molecule has 0 radical (unpaired) electrons. The summed E-state index contributed by atoms with van der Waals surface area (Å²) < 4.78 is 31.2. The summed E-state index contributed by atoms with van der Waals surface area (Å²) in [4.78, 5) is 20.0. The summed E-state index contributed by atoms with van der Waals surface area (Å²) in [6.07, 6.45) is 3.61. The molecule has 10 aromatic rings. The molecule has 61 heavy (non-hydrogen) atoms. The standard InChI is InChI=1S/C54H34N4O2S/c59-61(60)50-23-11-10-22-47(50)45-21-9-8-19-43(45)42-18-6-7-20-44(42)46-30-29-39(33-49(46)48-31-28-36-13-4-5-17-41(36)51(48)61)54-57-52(37-14-2-1-3-15-37)56-53(58-54)38-26-24-35(25-27-38)40-16-12-32-55-34-40/h1-34H. The zero-order chi connectivity index (χ0) is 40.9. The fourth-order valence-corrected chi connectivity index (χ4v) is 10.4. The van der Waals surface area contributed by atoms with E-state index in [9.17, 15) is 0 Å². The molecule has 0 N–H and O–H groups in total. The van der Waals surface area contributed by atoms with Crippen molar-refractivity contribution in [2.24, 2.45) is 0 Å². The summed E-state index contributed by atoms with van der Waals surface area (Å²) in [5.74, 6) is 1.51. The second kappa shape index (κ2) is 14.7. The first kappa shape index (κ1) is 36.2. The number of benzene rings is 8. The first-order chi connectivity index (χ1) is 30.0. The highest BCUT2D eigenvalue weighted by molar-refractivity contribution is 7.92. The monoisotopic (exact) mass is 802 g/mol. The van der Waals surface area contributed by atoms with Crippen LogP contribution in [0.1, 0.15) is 0 Å². The third-order valence-electron chi connectivity index (χ3n) is 11.4. The topological polar surface area (TPSA) is 85.7 Å². The second-order valence-electron chi connectivity index (χ2n) is 15.0. The molecule has 1 aliphatic rings. The SMILES string of the molecule is O=S1(=O)c2ccccc2-c2ccccc2-c2ccccc2-c2ccc(-c3nc(-c4ccccc4)nc(-c4ccc(-c5cccnc5)cc4)n3)cc2-c2ccc3ccccc3c21. The van der Waals surface area contributed by atoms with Gasteiger partial charge >= 0.3 is 0 Å². The van der Waals surface area contributed by atoms with Gasteiger partial charge in [0.1, 0.15) is 0 Å². The van der Waals surface area contributed by atoms with Crippen LogP contribution in [0.2, 0.25) is 0 Å². The summed E-state index contributed by atoms with van der Waals surface area (Å²) in [5.41, 5.74) is 11.1. The van der Waals surface area contributed by atoms with Crippen molar-refractivity contribution in [3.63, 3.8) is 0 Å². The molecule has 0 aliphatic carbocycles. The lowest BCUT2D eigenvalue weighted by Crippen LogP contribution is -2.07. The van der Waals surface area contributed by atoms with Gasteiger partial charge in [-0.2, -0.15) is 0 Å². The molecule has 2 aromatic heterocycles. The number of hydrogen-bond acceptors (Lipinski definition) is 6. The van der Waals surface area contributed by atoms with Crippen molar-refractivity contribution < 1.29 is 8.42 Å². The van der Waals surface area contributed by atoms with Gasteiger partial charge in [-0.05, 0) is 68.1 Å². The van der Waals surface area contributed by atoms with Crippen LogP contribution < -0.4 is 0 Å². The van der Waals surface area contributed by atoms with Gasteiger partial charge < -0.3 is 0 Å². The zero-order valence-electron chi connectivity index (χ0n) is 32.6. The van der Waals surface area contributed by atoms with Crippen LogP contribution in [0.3, 0.4) is 0 Å². The van der Waals surface area contributed by atoms with E-state index >= 15 is 8.42 Å². The quantitative estimate of drug-likeness (QED) is 0.176. The predicted octanol–water partition coefficient (Wildman–Crippen LogP) is 12.9. The summed E-state index contributed by atoms with van der Waals surface area (Å²) in [6.45, 7) is 0. The first-order valence-electron chi connectivity index (χ1n) is 20.0. The number of sulfone groups is 1. The van der Waals surface area contributed by atoms with Crippen LogP contribution in [0.25, 0.3) is 101 Å². The predicted molar refractivity (Wildman–Crippen MR) is 244 cm³/mol. The Labute approximate surface area is 353 Å². The van der Waals surface area contributed by atoms with Crippen molar-refractivity contribution in [1.29, 1.82) is 0 Å². The van der Waals surface area contributed by atoms with Crippen molar-refractivity contribution in [3.05, 3.63) is 207 Å². The minimum absolute atomic E-state index is 0.251. The Morgan fingerprint density at radius 3 is 1.51 bits per heavy atom. The van der Waals surface area contributed by atoms with Crippen molar-refractivity contribution in [3.8, 4) is 89.8 Å². The molecule has 0 saturated heterocycles. The van der Waals surface area contributed by atoms with Crippen LogP contribution in [0.5, 0.6) is 0 Å². The Morgan fingerprint density at radius 2 is 0.836 bits per heavy atom. The number of nitrogens with zero attached hydrogens (tertiary/aromatic N) is 4. The highest BCUT2D eigenvalue weighted by Gasteiger charge is 2.31. The van der Waals surface area contributed by atoms with Gasteiger partial charge in [0.15, 0.2) is 17.5 Å². The molecule has 0 spiro atoms. The second-order valence-corrected chi connectivity index (χ2v) is 16.9. The van der Waals surface area contributed by atoms with E-state index in [1.165, 1.54) is 0 Å². The fraction of sp³-hybridized carbons (Fsp3) is 0. The molecule has 0 saturated carbocycles. The van der Waals surface area contributed by atoms with E-state index in [4.69, 9.17) is 15.0 Å². The molecule has 0 amide bonds.